The fourth-order valence-corrected chi connectivity index (χ4v) is 4.56. The third kappa shape index (κ3) is 3.97. The van der Waals surface area contributed by atoms with E-state index in [1.54, 1.807) is 0 Å². The molecule has 0 saturated heterocycles. The molecule has 0 aliphatic heterocycles. The van der Waals surface area contributed by atoms with Gasteiger partial charge in [0.25, 0.3) is 0 Å². The Hall–Kier alpha value is -2.60. The molecule has 6 heteroatoms. The quantitative estimate of drug-likeness (QED) is 0.637. The van der Waals surface area contributed by atoms with E-state index in [4.69, 9.17) is 0 Å². The van der Waals surface area contributed by atoms with E-state index in [-0.39, 0.29) is 11.9 Å². The standard InChI is InChI=1S/C22H24N4OS/c1-2-26-21(17-10-4-3-5-11-17)24-25-22(26)28-15-20(27)23-19-14-8-12-16-9-6-7-13-18(16)19/h3-7,9-11,13,19H,2,8,12,14-15H2,1H3,(H,23,27)/t19-/m0/s1. The van der Waals surface area contributed by atoms with Gasteiger partial charge in [-0.25, -0.2) is 0 Å². The summed E-state index contributed by atoms with van der Waals surface area (Å²) in [6.07, 6.45) is 3.20. The van der Waals surface area contributed by atoms with Gasteiger partial charge in [-0.15, -0.1) is 10.2 Å². The number of carbonyl (C=O) groups excluding carboxylic acids is 1. The molecule has 144 valence electrons. The first-order valence-corrected chi connectivity index (χ1v) is 10.7. The van der Waals surface area contributed by atoms with Gasteiger partial charge in [0, 0.05) is 12.1 Å². The lowest BCUT2D eigenvalue weighted by Crippen LogP contribution is -2.32. The number of carbonyl (C=O) groups is 1. The molecule has 1 aliphatic rings. The van der Waals surface area contributed by atoms with E-state index in [1.807, 2.05) is 36.4 Å². The second-order valence-corrected chi connectivity index (χ2v) is 7.86. The Kier molecular flexibility index (Phi) is 5.76. The number of aromatic nitrogens is 3. The van der Waals surface area contributed by atoms with Gasteiger partial charge in [-0.3, -0.25) is 4.79 Å². The Bertz CT molecular complexity index is 954. The topological polar surface area (TPSA) is 59.8 Å². The zero-order valence-corrected chi connectivity index (χ0v) is 16.8. The summed E-state index contributed by atoms with van der Waals surface area (Å²) in [6.45, 7) is 2.83. The molecule has 1 N–H and O–H groups in total. The van der Waals surface area contributed by atoms with Crippen LogP contribution in [0.15, 0.2) is 59.8 Å². The van der Waals surface area contributed by atoms with Crippen molar-refractivity contribution in [1.82, 2.24) is 20.1 Å². The van der Waals surface area contributed by atoms with Crippen LogP contribution >= 0.6 is 11.8 Å². The minimum atomic E-state index is 0.0404. The fraction of sp³-hybridized carbons (Fsp3) is 0.318. The van der Waals surface area contributed by atoms with Gasteiger partial charge in [-0.05, 0) is 37.3 Å². The van der Waals surface area contributed by atoms with Crippen LogP contribution in [0.3, 0.4) is 0 Å². The summed E-state index contributed by atoms with van der Waals surface area (Å²) in [5, 5.41) is 12.6. The minimum absolute atomic E-state index is 0.0404. The van der Waals surface area contributed by atoms with Crippen molar-refractivity contribution in [3.8, 4) is 11.4 Å². The molecule has 0 fully saturated rings. The van der Waals surface area contributed by atoms with Gasteiger partial charge in [0.1, 0.15) is 0 Å². The van der Waals surface area contributed by atoms with Crippen LogP contribution in [-0.4, -0.2) is 26.4 Å². The summed E-state index contributed by atoms with van der Waals surface area (Å²) in [4.78, 5) is 12.6. The highest BCUT2D eigenvalue weighted by Gasteiger charge is 2.22. The van der Waals surface area contributed by atoms with Crippen LogP contribution in [0.5, 0.6) is 0 Å². The number of nitrogens with one attached hydrogen (secondary N) is 1. The summed E-state index contributed by atoms with van der Waals surface area (Å²) < 4.78 is 2.06. The Labute approximate surface area is 169 Å². The van der Waals surface area contributed by atoms with Crippen LogP contribution in [0.1, 0.15) is 36.9 Å². The Morgan fingerprint density at radius 3 is 2.75 bits per heavy atom. The Morgan fingerprint density at radius 2 is 1.93 bits per heavy atom. The fourth-order valence-electron chi connectivity index (χ4n) is 3.75. The maximum absolute atomic E-state index is 12.6. The number of fused-ring (bicyclic) bond motifs is 1. The van der Waals surface area contributed by atoms with Crippen LogP contribution < -0.4 is 5.32 Å². The molecule has 3 aromatic rings. The molecule has 28 heavy (non-hydrogen) atoms. The first kappa shape index (κ1) is 18.7. The molecule has 0 unspecified atom stereocenters. The van der Waals surface area contributed by atoms with Crippen LogP contribution in [-0.2, 0) is 17.8 Å². The zero-order chi connectivity index (χ0) is 19.3. The summed E-state index contributed by atoms with van der Waals surface area (Å²) >= 11 is 1.44. The lowest BCUT2D eigenvalue weighted by molar-refractivity contribution is -0.119. The van der Waals surface area contributed by atoms with Gasteiger partial charge in [0.15, 0.2) is 11.0 Å². The SMILES string of the molecule is CCn1c(SCC(=O)N[C@H]2CCCc3ccccc32)nnc1-c1ccccc1. The number of hydrogen-bond donors (Lipinski definition) is 1. The molecular weight excluding hydrogens is 368 g/mol. The van der Waals surface area contributed by atoms with E-state index < -0.39 is 0 Å². The molecule has 1 heterocycles. The summed E-state index contributed by atoms with van der Waals surface area (Å²) in [7, 11) is 0. The number of hydrogen-bond acceptors (Lipinski definition) is 4. The van der Waals surface area contributed by atoms with Gasteiger partial charge in [-0.2, -0.15) is 0 Å². The van der Waals surface area contributed by atoms with E-state index in [1.165, 1.54) is 22.9 Å². The number of benzene rings is 2. The summed E-state index contributed by atoms with van der Waals surface area (Å²) in [6, 6.07) is 18.5. The first-order valence-electron chi connectivity index (χ1n) is 9.75. The van der Waals surface area contributed by atoms with Crippen LogP contribution in [0.25, 0.3) is 11.4 Å². The predicted molar refractivity (Wildman–Crippen MR) is 112 cm³/mol. The summed E-state index contributed by atoms with van der Waals surface area (Å²) in [5.41, 5.74) is 3.65. The smallest absolute Gasteiger partial charge is 0.230 e. The van der Waals surface area contributed by atoms with Gasteiger partial charge >= 0.3 is 0 Å². The third-order valence-electron chi connectivity index (χ3n) is 5.10. The van der Waals surface area contributed by atoms with Crippen LogP contribution in [0, 0.1) is 0 Å². The van der Waals surface area contributed by atoms with Crippen LogP contribution in [0.2, 0.25) is 0 Å². The van der Waals surface area contributed by atoms with Gasteiger partial charge < -0.3 is 9.88 Å². The average Bonchev–Trinajstić information content (AvgIpc) is 3.16. The highest BCUT2D eigenvalue weighted by atomic mass is 32.2. The molecule has 5 nitrogen and oxygen atoms in total. The zero-order valence-electron chi connectivity index (χ0n) is 16.0. The third-order valence-corrected chi connectivity index (χ3v) is 6.07. The van der Waals surface area contributed by atoms with Gasteiger partial charge in [-0.1, -0.05) is 66.4 Å². The first-order chi connectivity index (χ1) is 13.8. The normalized spacial score (nSPS) is 15.8. The minimum Gasteiger partial charge on any atom is -0.349 e. The van der Waals surface area contributed by atoms with Gasteiger partial charge in [0.2, 0.25) is 5.91 Å². The van der Waals surface area contributed by atoms with E-state index in [0.717, 1.165) is 42.4 Å². The lowest BCUT2D eigenvalue weighted by atomic mass is 9.88. The van der Waals surface area contributed by atoms with E-state index in [9.17, 15) is 4.79 Å². The molecule has 1 aliphatic carbocycles. The molecular formula is C22H24N4OS. The second kappa shape index (κ2) is 8.61. The van der Waals surface area contributed by atoms with Crippen molar-refractivity contribution in [2.45, 2.75) is 43.9 Å². The maximum Gasteiger partial charge on any atom is 0.230 e. The Balaban J connectivity index is 1.41. The molecule has 1 aromatic heterocycles. The molecule has 0 radical (unpaired) electrons. The van der Waals surface area contributed by atoms with Crippen molar-refractivity contribution < 1.29 is 4.79 Å². The molecule has 0 saturated carbocycles. The highest BCUT2D eigenvalue weighted by Crippen LogP contribution is 2.30. The van der Waals surface area contributed by atoms with E-state index in [0.29, 0.717) is 5.75 Å². The monoisotopic (exact) mass is 392 g/mol. The molecule has 1 amide bonds. The predicted octanol–water partition coefficient (Wildman–Crippen LogP) is 4.25. The lowest BCUT2D eigenvalue weighted by Gasteiger charge is -2.26. The van der Waals surface area contributed by atoms with Crippen molar-refractivity contribution in [2.75, 3.05) is 5.75 Å². The second-order valence-electron chi connectivity index (χ2n) is 6.92. The summed E-state index contributed by atoms with van der Waals surface area (Å²) in [5.74, 6) is 1.22. The largest absolute Gasteiger partial charge is 0.349 e. The molecule has 1 atom stereocenters. The molecule has 4 rings (SSSR count). The molecule has 2 aromatic carbocycles. The number of aryl methyl sites for hydroxylation is 1. The van der Waals surface area contributed by atoms with Crippen molar-refractivity contribution >= 4 is 17.7 Å². The van der Waals surface area contributed by atoms with E-state index in [2.05, 4.69) is 45.2 Å². The average molecular weight is 393 g/mol. The molecule has 0 bridgehead atoms. The van der Waals surface area contributed by atoms with Crippen molar-refractivity contribution in [3.63, 3.8) is 0 Å². The van der Waals surface area contributed by atoms with Crippen LogP contribution in [0.4, 0.5) is 0 Å². The van der Waals surface area contributed by atoms with Crippen molar-refractivity contribution in [1.29, 1.82) is 0 Å². The Morgan fingerprint density at radius 1 is 1.14 bits per heavy atom. The van der Waals surface area contributed by atoms with Crippen molar-refractivity contribution in [2.24, 2.45) is 0 Å². The maximum atomic E-state index is 12.6. The van der Waals surface area contributed by atoms with Gasteiger partial charge in [0.05, 0.1) is 11.8 Å². The van der Waals surface area contributed by atoms with E-state index >= 15 is 0 Å². The molecule has 0 spiro atoms. The number of nitrogens with zero attached hydrogens (tertiary/aromatic N) is 3. The number of thioether (sulfide) groups is 1. The number of rotatable bonds is 6. The highest BCUT2D eigenvalue weighted by molar-refractivity contribution is 7.99. The van der Waals surface area contributed by atoms with Crippen molar-refractivity contribution in [3.05, 3.63) is 65.7 Å². The number of amides is 1.